The van der Waals surface area contributed by atoms with Gasteiger partial charge in [0.1, 0.15) is 0 Å². The molecule has 0 bridgehead atoms. The minimum atomic E-state index is 0.124. The predicted molar refractivity (Wildman–Crippen MR) is 102 cm³/mol. The molecule has 0 saturated carbocycles. The highest BCUT2D eigenvalue weighted by Crippen LogP contribution is 2.24. The Kier molecular flexibility index (Phi) is 4.95. The maximum atomic E-state index is 12.8. The standard InChI is InChI=1S/C20H30N4O/c1-23-19-13-16(5-4-15-8-11-21-12-9-15)6-7-18(19)24(20(23)25)17-3-2-10-22-14-17/h6-7,13,15,17,21-22H,2-5,8-12,14H2,1H3. The fourth-order valence-corrected chi connectivity index (χ4v) is 4.51. The fraction of sp³-hybridized carbons (Fsp3) is 0.650. The van der Waals surface area contributed by atoms with Crippen LogP contribution >= 0.6 is 0 Å². The first-order valence-corrected chi connectivity index (χ1v) is 9.85. The van der Waals surface area contributed by atoms with Crippen LogP contribution in [-0.4, -0.2) is 35.3 Å². The quantitative estimate of drug-likeness (QED) is 0.896. The van der Waals surface area contributed by atoms with E-state index in [9.17, 15) is 4.79 Å². The van der Waals surface area contributed by atoms with Crippen molar-refractivity contribution >= 4 is 11.0 Å². The number of imidazole rings is 1. The Bertz CT molecular complexity index is 779. The smallest absolute Gasteiger partial charge is 0.317 e. The Hall–Kier alpha value is -1.59. The lowest BCUT2D eigenvalue weighted by Crippen LogP contribution is -2.36. The van der Waals surface area contributed by atoms with Gasteiger partial charge in [-0.1, -0.05) is 6.07 Å². The highest BCUT2D eigenvalue weighted by atomic mass is 16.1. The van der Waals surface area contributed by atoms with Gasteiger partial charge in [0.2, 0.25) is 0 Å². The number of nitrogens with zero attached hydrogens (tertiary/aromatic N) is 2. The number of rotatable bonds is 4. The summed E-state index contributed by atoms with van der Waals surface area (Å²) in [4.78, 5) is 12.8. The van der Waals surface area contributed by atoms with Crippen molar-refractivity contribution in [3.8, 4) is 0 Å². The molecular weight excluding hydrogens is 312 g/mol. The van der Waals surface area contributed by atoms with Crippen LogP contribution in [0.1, 0.15) is 43.7 Å². The lowest BCUT2D eigenvalue weighted by molar-refractivity contribution is 0.354. The van der Waals surface area contributed by atoms with E-state index in [0.29, 0.717) is 0 Å². The molecular formula is C20H30N4O. The van der Waals surface area contributed by atoms with Gasteiger partial charge in [-0.15, -0.1) is 0 Å². The van der Waals surface area contributed by atoms with Gasteiger partial charge in [0.25, 0.3) is 0 Å². The molecule has 1 atom stereocenters. The van der Waals surface area contributed by atoms with Gasteiger partial charge in [0.05, 0.1) is 17.1 Å². The number of aryl methyl sites for hydroxylation is 2. The van der Waals surface area contributed by atoms with Gasteiger partial charge in [0, 0.05) is 13.6 Å². The molecule has 136 valence electrons. The van der Waals surface area contributed by atoms with E-state index in [1.807, 2.05) is 16.2 Å². The number of piperidine rings is 2. The van der Waals surface area contributed by atoms with Crippen LogP contribution in [0.5, 0.6) is 0 Å². The van der Waals surface area contributed by atoms with Crippen molar-refractivity contribution in [2.24, 2.45) is 13.0 Å². The molecule has 3 heterocycles. The average molecular weight is 342 g/mol. The van der Waals surface area contributed by atoms with E-state index in [0.717, 1.165) is 62.4 Å². The molecule has 0 radical (unpaired) electrons. The number of aromatic nitrogens is 2. The molecule has 5 nitrogen and oxygen atoms in total. The molecule has 25 heavy (non-hydrogen) atoms. The van der Waals surface area contributed by atoms with Crippen LogP contribution in [0.2, 0.25) is 0 Å². The van der Waals surface area contributed by atoms with Crippen molar-refractivity contribution in [3.05, 3.63) is 34.2 Å². The van der Waals surface area contributed by atoms with Crippen LogP contribution in [0, 0.1) is 5.92 Å². The molecule has 0 aliphatic carbocycles. The van der Waals surface area contributed by atoms with Crippen molar-refractivity contribution in [1.29, 1.82) is 0 Å². The molecule has 2 fully saturated rings. The lowest BCUT2D eigenvalue weighted by Gasteiger charge is -2.24. The zero-order valence-corrected chi connectivity index (χ0v) is 15.3. The zero-order valence-electron chi connectivity index (χ0n) is 15.3. The second-order valence-electron chi connectivity index (χ2n) is 7.77. The summed E-state index contributed by atoms with van der Waals surface area (Å²) < 4.78 is 3.84. The van der Waals surface area contributed by atoms with Crippen LogP contribution in [0.4, 0.5) is 0 Å². The number of fused-ring (bicyclic) bond motifs is 1. The van der Waals surface area contributed by atoms with E-state index < -0.39 is 0 Å². The lowest BCUT2D eigenvalue weighted by atomic mass is 9.91. The Morgan fingerprint density at radius 3 is 2.68 bits per heavy atom. The normalized spacial score (nSPS) is 22.5. The van der Waals surface area contributed by atoms with E-state index in [-0.39, 0.29) is 11.7 Å². The molecule has 1 aromatic carbocycles. The molecule has 0 amide bonds. The van der Waals surface area contributed by atoms with Gasteiger partial charge in [-0.05, 0) is 81.8 Å². The maximum absolute atomic E-state index is 12.8. The Labute approximate surface area is 149 Å². The van der Waals surface area contributed by atoms with Crippen molar-refractivity contribution in [2.75, 3.05) is 26.2 Å². The van der Waals surface area contributed by atoms with Gasteiger partial charge in [0.15, 0.2) is 0 Å². The Balaban J connectivity index is 1.58. The third kappa shape index (κ3) is 3.40. The topological polar surface area (TPSA) is 51.0 Å². The number of benzene rings is 1. The third-order valence-corrected chi connectivity index (χ3v) is 6.09. The predicted octanol–water partition coefficient (Wildman–Crippen LogP) is 2.20. The molecule has 4 rings (SSSR count). The fourth-order valence-electron chi connectivity index (χ4n) is 4.51. The first-order chi connectivity index (χ1) is 12.2. The summed E-state index contributed by atoms with van der Waals surface area (Å²) in [5, 5.41) is 6.87. The van der Waals surface area contributed by atoms with Gasteiger partial charge in [-0.2, -0.15) is 0 Å². The minimum Gasteiger partial charge on any atom is -0.317 e. The summed E-state index contributed by atoms with van der Waals surface area (Å²) in [7, 11) is 1.91. The van der Waals surface area contributed by atoms with Gasteiger partial charge < -0.3 is 10.6 Å². The highest BCUT2D eigenvalue weighted by Gasteiger charge is 2.21. The largest absolute Gasteiger partial charge is 0.329 e. The maximum Gasteiger partial charge on any atom is 0.329 e. The van der Waals surface area contributed by atoms with Crippen LogP contribution in [0.3, 0.4) is 0 Å². The van der Waals surface area contributed by atoms with Crippen molar-refractivity contribution in [3.63, 3.8) is 0 Å². The SMILES string of the molecule is Cn1c(=O)n(C2CCCNC2)c2ccc(CCC3CCNCC3)cc21. The van der Waals surface area contributed by atoms with Crippen molar-refractivity contribution in [1.82, 2.24) is 19.8 Å². The second-order valence-corrected chi connectivity index (χ2v) is 7.77. The first-order valence-electron chi connectivity index (χ1n) is 9.85. The van der Waals surface area contributed by atoms with E-state index in [1.165, 1.54) is 24.8 Å². The van der Waals surface area contributed by atoms with Gasteiger partial charge >= 0.3 is 5.69 Å². The summed E-state index contributed by atoms with van der Waals surface area (Å²) in [6.07, 6.45) is 7.20. The first kappa shape index (κ1) is 16.9. The average Bonchev–Trinajstić information content (AvgIpc) is 2.92. The summed E-state index contributed by atoms with van der Waals surface area (Å²) in [5.41, 5.74) is 3.66. The molecule has 2 aliphatic heterocycles. The van der Waals surface area contributed by atoms with E-state index in [2.05, 4.69) is 28.8 Å². The molecule has 1 aromatic heterocycles. The number of nitrogens with one attached hydrogen (secondary N) is 2. The van der Waals surface area contributed by atoms with Gasteiger partial charge in [-0.3, -0.25) is 9.13 Å². The van der Waals surface area contributed by atoms with Crippen LogP contribution in [-0.2, 0) is 13.5 Å². The molecule has 0 spiro atoms. The molecule has 1 unspecified atom stereocenters. The molecule has 2 aliphatic rings. The van der Waals surface area contributed by atoms with E-state index in [1.54, 1.807) is 0 Å². The molecule has 2 aromatic rings. The van der Waals surface area contributed by atoms with Crippen LogP contribution in [0.25, 0.3) is 11.0 Å². The Morgan fingerprint density at radius 1 is 1.08 bits per heavy atom. The Morgan fingerprint density at radius 2 is 1.92 bits per heavy atom. The molecule has 2 N–H and O–H groups in total. The van der Waals surface area contributed by atoms with Crippen molar-refractivity contribution < 1.29 is 0 Å². The monoisotopic (exact) mass is 342 g/mol. The van der Waals surface area contributed by atoms with Crippen LogP contribution < -0.4 is 16.3 Å². The highest BCUT2D eigenvalue weighted by molar-refractivity contribution is 5.77. The number of hydrogen-bond acceptors (Lipinski definition) is 3. The summed E-state index contributed by atoms with van der Waals surface area (Å²) in [6.45, 7) is 4.29. The zero-order chi connectivity index (χ0) is 17.2. The summed E-state index contributed by atoms with van der Waals surface area (Å²) in [6, 6.07) is 6.93. The van der Waals surface area contributed by atoms with Crippen molar-refractivity contribution in [2.45, 2.75) is 44.6 Å². The van der Waals surface area contributed by atoms with Crippen LogP contribution in [0.15, 0.2) is 23.0 Å². The van der Waals surface area contributed by atoms with Gasteiger partial charge in [-0.25, -0.2) is 4.79 Å². The van der Waals surface area contributed by atoms with E-state index in [4.69, 9.17) is 0 Å². The third-order valence-electron chi connectivity index (χ3n) is 6.09. The number of hydrogen-bond donors (Lipinski definition) is 2. The summed E-state index contributed by atoms with van der Waals surface area (Å²) in [5.74, 6) is 0.846. The summed E-state index contributed by atoms with van der Waals surface area (Å²) >= 11 is 0. The minimum absolute atomic E-state index is 0.124. The molecule has 5 heteroatoms. The second kappa shape index (κ2) is 7.34. The van der Waals surface area contributed by atoms with E-state index >= 15 is 0 Å². The molecule has 2 saturated heterocycles.